The molecule has 2 nitrogen and oxygen atoms in total. The molecule has 0 unspecified atom stereocenters. The Kier molecular flexibility index (Phi) is 2.74. The first kappa shape index (κ1) is 10.6. The number of aryl methyl sites for hydroxylation is 1. The normalized spacial score (nSPS) is 17.4. The van der Waals surface area contributed by atoms with Gasteiger partial charge in [0.15, 0.2) is 0 Å². The maximum Gasteiger partial charge on any atom is 0.310 e. The number of thioether (sulfide) groups is 1. The number of carbonyl (C=O) groups is 1. The van der Waals surface area contributed by atoms with E-state index in [1.54, 1.807) is 11.8 Å². The molecule has 1 aromatic rings. The third-order valence-corrected chi connectivity index (χ3v) is 4.15. The first-order valence-corrected chi connectivity index (χ1v) is 6.04. The van der Waals surface area contributed by atoms with E-state index in [9.17, 15) is 4.79 Å². The zero-order chi connectivity index (χ0) is 10.9. The van der Waals surface area contributed by atoms with Crippen LogP contribution in [0.25, 0.3) is 0 Å². The third kappa shape index (κ3) is 2.34. The van der Waals surface area contributed by atoms with Crippen LogP contribution in [0, 0.1) is 12.3 Å². The molecule has 0 saturated heterocycles. The highest BCUT2D eigenvalue weighted by atomic mass is 32.2. The molecule has 15 heavy (non-hydrogen) atoms. The maximum absolute atomic E-state index is 10.9. The van der Waals surface area contributed by atoms with Crippen LogP contribution < -0.4 is 0 Å². The van der Waals surface area contributed by atoms with Crippen molar-refractivity contribution in [3.05, 3.63) is 29.8 Å². The van der Waals surface area contributed by atoms with E-state index in [4.69, 9.17) is 5.11 Å². The SMILES string of the molecule is Cc1ccc(SCC2(C(=O)O)CC2)cc1. The fourth-order valence-electron chi connectivity index (χ4n) is 1.43. The number of aliphatic carboxylic acids is 1. The van der Waals surface area contributed by atoms with Gasteiger partial charge in [-0.05, 0) is 31.9 Å². The number of rotatable bonds is 4. The van der Waals surface area contributed by atoms with Crippen LogP contribution in [0.4, 0.5) is 0 Å². The van der Waals surface area contributed by atoms with Crippen LogP contribution in [0.5, 0.6) is 0 Å². The summed E-state index contributed by atoms with van der Waals surface area (Å²) in [6, 6.07) is 8.22. The lowest BCUT2D eigenvalue weighted by molar-refractivity contribution is -0.142. The molecule has 1 aliphatic carbocycles. The van der Waals surface area contributed by atoms with Crippen LogP contribution in [0.1, 0.15) is 18.4 Å². The highest BCUT2D eigenvalue weighted by molar-refractivity contribution is 7.99. The van der Waals surface area contributed by atoms with Crippen molar-refractivity contribution in [3.63, 3.8) is 0 Å². The summed E-state index contributed by atoms with van der Waals surface area (Å²) in [5.74, 6) is 0.0629. The average Bonchev–Trinajstić information content (AvgIpc) is 2.98. The second-order valence-corrected chi connectivity index (χ2v) is 5.24. The highest BCUT2D eigenvalue weighted by Crippen LogP contribution is 2.49. The van der Waals surface area contributed by atoms with E-state index in [1.165, 1.54) is 5.56 Å². The monoisotopic (exact) mass is 222 g/mol. The van der Waals surface area contributed by atoms with Gasteiger partial charge in [-0.1, -0.05) is 17.7 Å². The van der Waals surface area contributed by atoms with E-state index < -0.39 is 11.4 Å². The van der Waals surface area contributed by atoms with Gasteiger partial charge in [0.1, 0.15) is 0 Å². The molecule has 1 aliphatic rings. The fraction of sp³-hybridized carbons (Fsp3) is 0.417. The van der Waals surface area contributed by atoms with Gasteiger partial charge in [-0.25, -0.2) is 0 Å². The standard InChI is InChI=1S/C12H14O2S/c1-9-2-4-10(5-3-9)15-8-12(6-7-12)11(13)14/h2-5H,6-8H2,1H3,(H,13,14). The summed E-state index contributed by atoms with van der Waals surface area (Å²) in [6.07, 6.45) is 1.67. The van der Waals surface area contributed by atoms with Gasteiger partial charge in [0, 0.05) is 10.6 Å². The minimum Gasteiger partial charge on any atom is -0.481 e. The van der Waals surface area contributed by atoms with Crippen LogP contribution in [-0.4, -0.2) is 16.8 Å². The van der Waals surface area contributed by atoms with Gasteiger partial charge in [0.2, 0.25) is 0 Å². The van der Waals surface area contributed by atoms with Gasteiger partial charge in [-0.3, -0.25) is 4.79 Å². The van der Waals surface area contributed by atoms with Crippen LogP contribution in [0.2, 0.25) is 0 Å². The second kappa shape index (κ2) is 3.89. The van der Waals surface area contributed by atoms with Crippen molar-refractivity contribution in [2.24, 2.45) is 5.41 Å². The predicted molar refractivity (Wildman–Crippen MR) is 61.2 cm³/mol. The van der Waals surface area contributed by atoms with Crippen LogP contribution in [-0.2, 0) is 4.79 Å². The minimum absolute atomic E-state index is 0.421. The number of hydrogen-bond donors (Lipinski definition) is 1. The number of hydrogen-bond acceptors (Lipinski definition) is 2. The van der Waals surface area contributed by atoms with Crippen molar-refractivity contribution in [1.82, 2.24) is 0 Å². The van der Waals surface area contributed by atoms with E-state index in [0.29, 0.717) is 5.75 Å². The van der Waals surface area contributed by atoms with E-state index in [1.807, 2.05) is 6.92 Å². The molecular weight excluding hydrogens is 208 g/mol. The molecule has 0 heterocycles. The van der Waals surface area contributed by atoms with Crippen molar-refractivity contribution in [2.45, 2.75) is 24.7 Å². The lowest BCUT2D eigenvalue weighted by Crippen LogP contribution is -2.17. The summed E-state index contributed by atoms with van der Waals surface area (Å²) in [7, 11) is 0. The van der Waals surface area contributed by atoms with Crippen LogP contribution in [0.15, 0.2) is 29.2 Å². The zero-order valence-corrected chi connectivity index (χ0v) is 9.51. The van der Waals surface area contributed by atoms with Crippen molar-refractivity contribution in [3.8, 4) is 0 Å². The number of carboxylic acids is 1. The minimum atomic E-state index is -0.637. The molecule has 0 radical (unpaired) electrons. The van der Waals surface area contributed by atoms with Gasteiger partial charge in [-0.15, -0.1) is 11.8 Å². The summed E-state index contributed by atoms with van der Waals surface area (Å²) in [6.45, 7) is 2.05. The molecule has 0 amide bonds. The van der Waals surface area contributed by atoms with Crippen molar-refractivity contribution >= 4 is 17.7 Å². The number of carboxylic acid groups (broad SMARTS) is 1. The van der Waals surface area contributed by atoms with Crippen molar-refractivity contribution in [1.29, 1.82) is 0 Å². The molecule has 1 N–H and O–H groups in total. The largest absolute Gasteiger partial charge is 0.481 e. The summed E-state index contributed by atoms with van der Waals surface area (Å²) >= 11 is 1.65. The predicted octanol–water partition coefficient (Wildman–Crippen LogP) is 2.95. The van der Waals surface area contributed by atoms with Gasteiger partial charge >= 0.3 is 5.97 Å². The van der Waals surface area contributed by atoms with Crippen molar-refractivity contribution < 1.29 is 9.90 Å². The summed E-state index contributed by atoms with van der Waals surface area (Å²) in [5.41, 5.74) is 0.814. The van der Waals surface area contributed by atoms with E-state index in [0.717, 1.165) is 17.7 Å². The van der Waals surface area contributed by atoms with Crippen LogP contribution >= 0.6 is 11.8 Å². The Bertz CT molecular complexity index is 366. The molecular formula is C12H14O2S. The maximum atomic E-state index is 10.9. The summed E-state index contributed by atoms with van der Waals surface area (Å²) in [5, 5.41) is 9.01. The Morgan fingerprint density at radius 2 is 2.00 bits per heavy atom. The van der Waals surface area contributed by atoms with E-state index >= 15 is 0 Å². The molecule has 0 aromatic heterocycles. The van der Waals surface area contributed by atoms with Gasteiger partial charge in [-0.2, -0.15) is 0 Å². The molecule has 80 valence electrons. The average molecular weight is 222 g/mol. The van der Waals surface area contributed by atoms with E-state index in [-0.39, 0.29) is 0 Å². The molecule has 1 fully saturated rings. The van der Waals surface area contributed by atoms with Crippen LogP contribution in [0.3, 0.4) is 0 Å². The summed E-state index contributed by atoms with van der Waals surface area (Å²) < 4.78 is 0. The quantitative estimate of drug-likeness (QED) is 0.796. The second-order valence-electron chi connectivity index (χ2n) is 4.19. The molecule has 1 aromatic carbocycles. The molecule has 0 spiro atoms. The Hall–Kier alpha value is -0.960. The van der Waals surface area contributed by atoms with E-state index in [2.05, 4.69) is 24.3 Å². The smallest absolute Gasteiger partial charge is 0.310 e. The third-order valence-electron chi connectivity index (χ3n) is 2.84. The lowest BCUT2D eigenvalue weighted by Gasteiger charge is -2.08. The zero-order valence-electron chi connectivity index (χ0n) is 8.69. The van der Waals surface area contributed by atoms with Gasteiger partial charge < -0.3 is 5.11 Å². The Balaban J connectivity index is 1.94. The molecule has 0 atom stereocenters. The first-order chi connectivity index (χ1) is 7.12. The van der Waals surface area contributed by atoms with Gasteiger partial charge in [0.05, 0.1) is 5.41 Å². The first-order valence-electron chi connectivity index (χ1n) is 5.05. The Labute approximate surface area is 93.7 Å². The molecule has 0 bridgehead atoms. The highest BCUT2D eigenvalue weighted by Gasteiger charge is 2.49. The van der Waals surface area contributed by atoms with Gasteiger partial charge in [0.25, 0.3) is 0 Å². The Morgan fingerprint density at radius 1 is 1.40 bits per heavy atom. The molecule has 2 rings (SSSR count). The molecule has 3 heteroatoms. The fourth-order valence-corrected chi connectivity index (χ4v) is 2.61. The van der Waals surface area contributed by atoms with Crippen molar-refractivity contribution in [2.75, 3.05) is 5.75 Å². The topological polar surface area (TPSA) is 37.3 Å². The lowest BCUT2D eigenvalue weighted by atomic mass is 10.1. The summed E-state index contributed by atoms with van der Waals surface area (Å²) in [4.78, 5) is 12.1. The number of benzene rings is 1. The Morgan fingerprint density at radius 3 is 2.47 bits per heavy atom. The molecule has 1 saturated carbocycles. The molecule has 0 aliphatic heterocycles.